The molecule has 1 aliphatic heterocycles. The van der Waals surface area contributed by atoms with Gasteiger partial charge in [0.2, 0.25) is 0 Å². The van der Waals surface area contributed by atoms with Crippen molar-refractivity contribution in [2.24, 2.45) is 0 Å². The summed E-state index contributed by atoms with van der Waals surface area (Å²) in [7, 11) is 0. The van der Waals surface area contributed by atoms with Crippen molar-refractivity contribution in [1.82, 2.24) is 24.8 Å². The Kier molecular flexibility index (Phi) is 4.28. The van der Waals surface area contributed by atoms with Crippen LogP contribution in [0.4, 0.5) is 0 Å². The number of aryl methyl sites for hydroxylation is 2. The third-order valence-corrected chi connectivity index (χ3v) is 5.54. The fraction of sp³-hybridized carbons (Fsp3) is 0.167. The zero-order valence-electron chi connectivity index (χ0n) is 16.6. The van der Waals surface area contributed by atoms with E-state index in [1.165, 1.54) is 22.3 Å². The van der Waals surface area contributed by atoms with Gasteiger partial charge < -0.3 is 14.9 Å². The summed E-state index contributed by atoms with van der Waals surface area (Å²) in [5, 5.41) is 0. The molecular formula is C24H23N5. The summed E-state index contributed by atoms with van der Waals surface area (Å²) in [6.45, 7) is 5.91. The molecule has 0 saturated carbocycles. The summed E-state index contributed by atoms with van der Waals surface area (Å²) in [4.78, 5) is 17.8. The summed E-state index contributed by atoms with van der Waals surface area (Å²) in [5.41, 5.74) is 9.45. The molecular weight excluding hydrogens is 358 g/mol. The van der Waals surface area contributed by atoms with E-state index in [1.807, 2.05) is 6.20 Å². The van der Waals surface area contributed by atoms with Gasteiger partial charge in [-0.3, -0.25) is 0 Å². The molecule has 0 unspecified atom stereocenters. The Labute approximate surface area is 170 Å². The SMILES string of the molecule is Cc1ccc(-c2ccc(-c3nc4c([nH]3)CN(Cc3cnc[nH]3)C=C4)cc2)cc1C. The molecule has 0 saturated heterocycles. The fourth-order valence-electron chi connectivity index (χ4n) is 3.69. The highest BCUT2D eigenvalue weighted by Gasteiger charge is 2.16. The number of benzene rings is 2. The van der Waals surface area contributed by atoms with Gasteiger partial charge in [0.1, 0.15) is 5.82 Å². The number of hydrogen-bond acceptors (Lipinski definition) is 3. The van der Waals surface area contributed by atoms with E-state index in [1.54, 1.807) is 6.33 Å². The van der Waals surface area contributed by atoms with E-state index in [4.69, 9.17) is 4.98 Å². The summed E-state index contributed by atoms with van der Waals surface area (Å²) in [6, 6.07) is 15.2. The van der Waals surface area contributed by atoms with Crippen molar-refractivity contribution in [3.05, 3.63) is 89.4 Å². The monoisotopic (exact) mass is 381 g/mol. The molecule has 3 heterocycles. The van der Waals surface area contributed by atoms with Gasteiger partial charge in [0.15, 0.2) is 0 Å². The molecule has 2 N–H and O–H groups in total. The first-order valence-corrected chi connectivity index (χ1v) is 9.82. The van der Waals surface area contributed by atoms with Gasteiger partial charge in [0, 0.05) is 18.0 Å². The van der Waals surface area contributed by atoms with Crippen LogP contribution in [-0.2, 0) is 13.1 Å². The first kappa shape index (κ1) is 17.5. The van der Waals surface area contributed by atoms with E-state index in [2.05, 4.69) is 88.4 Å². The molecule has 0 aliphatic carbocycles. The van der Waals surface area contributed by atoms with Crippen molar-refractivity contribution >= 4 is 6.08 Å². The second-order valence-electron chi connectivity index (χ2n) is 7.62. The summed E-state index contributed by atoms with van der Waals surface area (Å²) in [5.74, 6) is 0.912. The number of nitrogens with one attached hydrogen (secondary N) is 2. The maximum Gasteiger partial charge on any atom is 0.138 e. The molecule has 0 amide bonds. The fourth-order valence-corrected chi connectivity index (χ4v) is 3.69. The molecule has 0 fully saturated rings. The lowest BCUT2D eigenvalue weighted by atomic mass is 9.99. The van der Waals surface area contributed by atoms with Crippen LogP contribution in [0.2, 0.25) is 0 Å². The molecule has 1 aliphatic rings. The molecule has 0 bridgehead atoms. The number of H-pyrrole nitrogens is 2. The normalized spacial score (nSPS) is 13.0. The highest BCUT2D eigenvalue weighted by molar-refractivity contribution is 5.69. The second kappa shape index (κ2) is 7.09. The van der Waals surface area contributed by atoms with Crippen LogP contribution in [0.5, 0.6) is 0 Å². The average molecular weight is 381 g/mol. The van der Waals surface area contributed by atoms with Gasteiger partial charge in [0.25, 0.3) is 0 Å². The van der Waals surface area contributed by atoms with Crippen LogP contribution in [0, 0.1) is 13.8 Å². The summed E-state index contributed by atoms with van der Waals surface area (Å²) >= 11 is 0. The van der Waals surface area contributed by atoms with Crippen LogP contribution in [0.25, 0.3) is 28.6 Å². The first-order chi connectivity index (χ1) is 14.2. The van der Waals surface area contributed by atoms with Crippen LogP contribution in [0.1, 0.15) is 28.2 Å². The minimum Gasteiger partial charge on any atom is -0.366 e. The molecule has 5 heteroatoms. The van der Waals surface area contributed by atoms with E-state index in [0.29, 0.717) is 0 Å². The van der Waals surface area contributed by atoms with Gasteiger partial charge in [-0.1, -0.05) is 42.5 Å². The molecule has 0 radical (unpaired) electrons. The Bertz CT molecular complexity index is 1170. The molecule has 2 aromatic carbocycles. The molecule has 0 spiro atoms. The Hall–Kier alpha value is -3.60. The van der Waals surface area contributed by atoms with Crippen molar-refractivity contribution in [3.8, 4) is 22.5 Å². The quantitative estimate of drug-likeness (QED) is 0.519. The number of imidazole rings is 2. The van der Waals surface area contributed by atoms with E-state index >= 15 is 0 Å². The van der Waals surface area contributed by atoms with Crippen LogP contribution in [0.3, 0.4) is 0 Å². The maximum atomic E-state index is 4.79. The maximum absolute atomic E-state index is 4.79. The standard InChI is InChI=1S/C24H23N5/c1-16-3-4-20(11-17(16)2)18-5-7-19(8-6-18)24-27-22-9-10-29(14-23(22)28-24)13-21-12-25-15-26-21/h3-12,15H,13-14H2,1-2H3,(H,25,26)(H,27,28). The van der Waals surface area contributed by atoms with Crippen LogP contribution in [0.15, 0.2) is 61.2 Å². The third kappa shape index (κ3) is 3.47. The van der Waals surface area contributed by atoms with E-state index in [9.17, 15) is 0 Å². The van der Waals surface area contributed by atoms with Crippen LogP contribution >= 0.6 is 0 Å². The predicted molar refractivity (Wildman–Crippen MR) is 116 cm³/mol. The molecule has 2 aromatic heterocycles. The van der Waals surface area contributed by atoms with Crippen molar-refractivity contribution in [3.63, 3.8) is 0 Å². The van der Waals surface area contributed by atoms with Crippen LogP contribution < -0.4 is 0 Å². The molecule has 144 valence electrons. The molecule has 5 nitrogen and oxygen atoms in total. The first-order valence-electron chi connectivity index (χ1n) is 9.82. The lowest BCUT2D eigenvalue weighted by Crippen LogP contribution is -2.19. The molecule has 5 rings (SSSR count). The molecule has 4 aromatic rings. The van der Waals surface area contributed by atoms with Gasteiger partial charge in [0.05, 0.1) is 36.5 Å². The zero-order chi connectivity index (χ0) is 19.8. The van der Waals surface area contributed by atoms with E-state index in [0.717, 1.165) is 41.6 Å². The van der Waals surface area contributed by atoms with Gasteiger partial charge in [-0.2, -0.15) is 0 Å². The van der Waals surface area contributed by atoms with Crippen molar-refractivity contribution in [2.75, 3.05) is 0 Å². The Morgan fingerprint density at radius 1 is 0.966 bits per heavy atom. The number of hydrogen-bond donors (Lipinski definition) is 2. The summed E-state index contributed by atoms with van der Waals surface area (Å²) in [6.07, 6.45) is 7.73. The Morgan fingerprint density at radius 2 is 1.76 bits per heavy atom. The Balaban J connectivity index is 1.35. The van der Waals surface area contributed by atoms with Gasteiger partial charge in [-0.05, 0) is 42.2 Å². The third-order valence-electron chi connectivity index (χ3n) is 5.54. The predicted octanol–water partition coefficient (Wildman–Crippen LogP) is 5.07. The van der Waals surface area contributed by atoms with E-state index in [-0.39, 0.29) is 0 Å². The highest BCUT2D eigenvalue weighted by atomic mass is 15.1. The highest BCUT2D eigenvalue weighted by Crippen LogP contribution is 2.27. The van der Waals surface area contributed by atoms with Gasteiger partial charge >= 0.3 is 0 Å². The number of aromatic amines is 2. The number of fused-ring (bicyclic) bond motifs is 1. The molecule has 29 heavy (non-hydrogen) atoms. The zero-order valence-corrected chi connectivity index (χ0v) is 16.6. The molecule has 0 atom stereocenters. The smallest absolute Gasteiger partial charge is 0.138 e. The lowest BCUT2D eigenvalue weighted by Gasteiger charge is -2.21. The number of aromatic nitrogens is 4. The summed E-state index contributed by atoms with van der Waals surface area (Å²) < 4.78 is 0. The largest absolute Gasteiger partial charge is 0.366 e. The number of rotatable bonds is 4. The topological polar surface area (TPSA) is 60.6 Å². The van der Waals surface area contributed by atoms with Crippen LogP contribution in [-0.4, -0.2) is 24.8 Å². The lowest BCUT2D eigenvalue weighted by molar-refractivity contribution is 0.351. The van der Waals surface area contributed by atoms with Crippen molar-refractivity contribution in [2.45, 2.75) is 26.9 Å². The van der Waals surface area contributed by atoms with E-state index < -0.39 is 0 Å². The van der Waals surface area contributed by atoms with Gasteiger partial charge in [-0.25, -0.2) is 9.97 Å². The van der Waals surface area contributed by atoms with Crippen molar-refractivity contribution in [1.29, 1.82) is 0 Å². The van der Waals surface area contributed by atoms with Crippen molar-refractivity contribution < 1.29 is 0 Å². The number of nitrogens with zero attached hydrogens (tertiary/aromatic N) is 3. The Morgan fingerprint density at radius 3 is 2.52 bits per heavy atom. The minimum atomic E-state index is 0.801. The minimum absolute atomic E-state index is 0.801. The average Bonchev–Trinajstić information content (AvgIpc) is 3.40. The van der Waals surface area contributed by atoms with Gasteiger partial charge in [-0.15, -0.1) is 0 Å². The second-order valence-corrected chi connectivity index (χ2v) is 7.62.